The lowest BCUT2D eigenvalue weighted by Crippen LogP contribution is -2.42. The first-order chi connectivity index (χ1) is 10.6. The minimum absolute atomic E-state index is 0.350. The van der Waals surface area contributed by atoms with Gasteiger partial charge in [0.25, 0.3) is 0 Å². The van der Waals surface area contributed by atoms with E-state index in [1.54, 1.807) is 0 Å². The Morgan fingerprint density at radius 2 is 2.00 bits per heavy atom. The van der Waals surface area contributed by atoms with Crippen molar-refractivity contribution in [1.82, 2.24) is 4.90 Å². The normalized spacial score (nSPS) is 20.0. The average molecular weight is 301 g/mol. The Bertz CT molecular complexity index is 440. The lowest BCUT2D eigenvalue weighted by Gasteiger charge is -2.42. The second kappa shape index (κ2) is 8.47. The third-order valence-corrected chi connectivity index (χ3v) is 5.16. The topological polar surface area (TPSA) is 20.3 Å². The molecule has 0 saturated carbocycles. The van der Waals surface area contributed by atoms with Crippen molar-refractivity contribution in [3.8, 4) is 0 Å². The first-order valence-electron chi connectivity index (χ1n) is 8.82. The van der Waals surface area contributed by atoms with Crippen molar-refractivity contribution in [1.29, 1.82) is 0 Å². The highest BCUT2D eigenvalue weighted by atomic mass is 16.1. The van der Waals surface area contributed by atoms with E-state index < -0.39 is 0 Å². The van der Waals surface area contributed by atoms with Crippen LogP contribution in [0.5, 0.6) is 0 Å². The minimum Gasteiger partial charge on any atom is -0.303 e. The van der Waals surface area contributed by atoms with E-state index in [1.807, 2.05) is 0 Å². The second-order valence-corrected chi connectivity index (χ2v) is 7.45. The molecule has 1 atom stereocenters. The monoisotopic (exact) mass is 301 g/mol. The predicted octanol–water partition coefficient (Wildman–Crippen LogP) is 4.34. The van der Waals surface area contributed by atoms with Gasteiger partial charge in [-0.15, -0.1) is 0 Å². The molecule has 1 saturated heterocycles. The second-order valence-electron chi connectivity index (χ2n) is 7.45. The Hall–Kier alpha value is -1.15. The molecule has 0 aromatic heterocycles. The molecule has 0 aliphatic carbocycles. The summed E-state index contributed by atoms with van der Waals surface area (Å²) in [5.74, 6) is 0.771. The highest BCUT2D eigenvalue weighted by molar-refractivity contribution is 5.48. The molecule has 0 N–H and O–H groups in total. The number of aldehydes is 1. The van der Waals surface area contributed by atoms with E-state index in [0.29, 0.717) is 5.41 Å². The van der Waals surface area contributed by atoms with Gasteiger partial charge in [0.2, 0.25) is 0 Å². The van der Waals surface area contributed by atoms with Crippen LogP contribution in [0.4, 0.5) is 0 Å². The number of piperidine rings is 1. The molecule has 2 nitrogen and oxygen atoms in total. The molecule has 2 rings (SSSR count). The summed E-state index contributed by atoms with van der Waals surface area (Å²) in [6.07, 6.45) is 7.79. The van der Waals surface area contributed by atoms with E-state index in [9.17, 15) is 4.79 Å². The molecule has 1 fully saturated rings. The molecular weight excluding hydrogens is 270 g/mol. The first-order valence-corrected chi connectivity index (χ1v) is 8.82. The molecule has 1 aromatic carbocycles. The lowest BCUT2D eigenvalue weighted by atomic mass is 9.71. The summed E-state index contributed by atoms with van der Waals surface area (Å²) in [4.78, 5) is 13.0. The summed E-state index contributed by atoms with van der Waals surface area (Å²) >= 11 is 0. The van der Waals surface area contributed by atoms with Gasteiger partial charge in [-0.1, -0.05) is 44.2 Å². The number of hydrogen-bond acceptors (Lipinski definition) is 2. The molecule has 1 aliphatic rings. The van der Waals surface area contributed by atoms with Crippen LogP contribution in [0.3, 0.4) is 0 Å². The van der Waals surface area contributed by atoms with Crippen LogP contribution in [0.25, 0.3) is 0 Å². The molecule has 0 bridgehead atoms. The van der Waals surface area contributed by atoms with Gasteiger partial charge in [0.1, 0.15) is 6.29 Å². The van der Waals surface area contributed by atoms with Gasteiger partial charge in [-0.3, -0.25) is 0 Å². The zero-order chi connectivity index (χ0) is 15.8. The highest BCUT2D eigenvalue weighted by Gasteiger charge is 2.33. The van der Waals surface area contributed by atoms with Crippen LogP contribution >= 0.6 is 0 Å². The van der Waals surface area contributed by atoms with E-state index in [2.05, 4.69) is 49.1 Å². The predicted molar refractivity (Wildman–Crippen MR) is 93.0 cm³/mol. The lowest BCUT2D eigenvalue weighted by molar-refractivity contribution is -0.107. The van der Waals surface area contributed by atoms with Crippen LogP contribution in [-0.4, -0.2) is 30.8 Å². The van der Waals surface area contributed by atoms with Crippen LogP contribution in [0.1, 0.15) is 51.5 Å². The zero-order valence-electron chi connectivity index (χ0n) is 14.3. The van der Waals surface area contributed by atoms with Crippen molar-refractivity contribution in [2.75, 3.05) is 19.6 Å². The van der Waals surface area contributed by atoms with E-state index in [1.165, 1.54) is 31.5 Å². The van der Waals surface area contributed by atoms with Crippen LogP contribution in [-0.2, 0) is 11.2 Å². The molecule has 0 spiro atoms. The smallest absolute Gasteiger partial charge is 0.119 e. The van der Waals surface area contributed by atoms with Gasteiger partial charge < -0.3 is 9.69 Å². The SMILES string of the molecule is CC(C)(Cc1ccccc1)C1CCCN(CCCCC=O)C1. The van der Waals surface area contributed by atoms with Gasteiger partial charge in [0.05, 0.1) is 0 Å². The third-order valence-electron chi connectivity index (χ3n) is 5.16. The summed E-state index contributed by atoms with van der Waals surface area (Å²) in [6.45, 7) is 8.48. The summed E-state index contributed by atoms with van der Waals surface area (Å²) in [6, 6.07) is 10.9. The number of hydrogen-bond donors (Lipinski definition) is 0. The van der Waals surface area contributed by atoms with Gasteiger partial charge >= 0.3 is 0 Å². The first kappa shape index (κ1) is 17.2. The maximum Gasteiger partial charge on any atom is 0.119 e. The van der Waals surface area contributed by atoms with Crippen LogP contribution in [0.15, 0.2) is 30.3 Å². The molecule has 0 radical (unpaired) electrons. The van der Waals surface area contributed by atoms with Crippen LogP contribution < -0.4 is 0 Å². The highest BCUT2D eigenvalue weighted by Crippen LogP contribution is 2.36. The molecule has 122 valence electrons. The fourth-order valence-corrected chi connectivity index (χ4v) is 3.73. The van der Waals surface area contributed by atoms with Gasteiger partial charge in [0, 0.05) is 13.0 Å². The van der Waals surface area contributed by atoms with Gasteiger partial charge in [-0.05, 0) is 62.1 Å². The molecular formula is C20H31NO. The van der Waals surface area contributed by atoms with Crippen molar-refractivity contribution >= 4 is 6.29 Å². The van der Waals surface area contributed by atoms with Crippen molar-refractivity contribution in [3.05, 3.63) is 35.9 Å². The van der Waals surface area contributed by atoms with Crippen molar-refractivity contribution in [2.45, 2.75) is 52.4 Å². The van der Waals surface area contributed by atoms with E-state index in [0.717, 1.165) is 44.4 Å². The number of carbonyl (C=O) groups excluding carboxylic acids is 1. The van der Waals surface area contributed by atoms with Crippen molar-refractivity contribution in [3.63, 3.8) is 0 Å². The molecule has 0 amide bonds. The molecule has 2 heteroatoms. The number of likely N-dealkylation sites (tertiary alicyclic amines) is 1. The molecule has 1 aliphatic heterocycles. The average Bonchev–Trinajstić information content (AvgIpc) is 2.52. The number of unbranched alkanes of at least 4 members (excludes halogenated alkanes) is 2. The Kier molecular flexibility index (Phi) is 6.63. The summed E-state index contributed by atoms with van der Waals surface area (Å²) in [5, 5.41) is 0. The number of carbonyl (C=O) groups is 1. The Labute approximate surface area is 135 Å². The van der Waals surface area contributed by atoms with Gasteiger partial charge in [-0.25, -0.2) is 0 Å². The van der Waals surface area contributed by atoms with E-state index in [-0.39, 0.29) is 0 Å². The van der Waals surface area contributed by atoms with Crippen molar-refractivity contribution < 1.29 is 4.79 Å². The van der Waals surface area contributed by atoms with E-state index >= 15 is 0 Å². The third kappa shape index (κ3) is 5.24. The number of nitrogens with zero attached hydrogens (tertiary/aromatic N) is 1. The molecule has 1 unspecified atom stereocenters. The fraction of sp³-hybridized carbons (Fsp3) is 0.650. The van der Waals surface area contributed by atoms with Crippen LogP contribution in [0.2, 0.25) is 0 Å². The van der Waals surface area contributed by atoms with Crippen molar-refractivity contribution in [2.24, 2.45) is 11.3 Å². The minimum atomic E-state index is 0.350. The van der Waals surface area contributed by atoms with Gasteiger partial charge in [0.15, 0.2) is 0 Å². The molecule has 22 heavy (non-hydrogen) atoms. The summed E-state index contributed by atoms with van der Waals surface area (Å²) in [5.41, 5.74) is 1.80. The molecule has 1 heterocycles. The van der Waals surface area contributed by atoms with E-state index in [4.69, 9.17) is 0 Å². The maximum absolute atomic E-state index is 10.4. The summed E-state index contributed by atoms with van der Waals surface area (Å²) < 4.78 is 0. The largest absolute Gasteiger partial charge is 0.303 e. The number of rotatable bonds is 8. The fourth-order valence-electron chi connectivity index (χ4n) is 3.73. The molecule has 1 aromatic rings. The maximum atomic E-state index is 10.4. The standard InChI is InChI=1S/C20H31NO/c1-20(2,16-18-10-5-3-6-11-18)19-12-9-14-21(17-19)13-7-4-8-15-22/h3,5-6,10-11,15,19H,4,7-9,12-14,16-17H2,1-2H3. The Morgan fingerprint density at radius 1 is 1.23 bits per heavy atom. The Balaban J connectivity index is 1.85. The van der Waals surface area contributed by atoms with Crippen LogP contribution in [0, 0.1) is 11.3 Å². The quantitative estimate of drug-likeness (QED) is 0.526. The number of benzene rings is 1. The zero-order valence-corrected chi connectivity index (χ0v) is 14.3. The Morgan fingerprint density at radius 3 is 2.73 bits per heavy atom. The van der Waals surface area contributed by atoms with Gasteiger partial charge in [-0.2, -0.15) is 0 Å². The summed E-state index contributed by atoms with van der Waals surface area (Å²) in [7, 11) is 0.